The molecule has 77 heavy (non-hydrogen) atoms. The smallest absolute Gasteiger partial charge is 0.306 e. The quantitative estimate of drug-likeness (QED) is 0.0370. The summed E-state index contributed by atoms with van der Waals surface area (Å²) < 4.78 is 27.5. The van der Waals surface area contributed by atoms with Gasteiger partial charge in [-0.15, -0.1) is 0 Å². The zero-order valence-electron chi connectivity index (χ0n) is 48.9. The fraction of sp³-hybridized carbons (Fsp3) is 0.758. The van der Waals surface area contributed by atoms with Crippen LogP contribution in [0.15, 0.2) is 60.7 Å². The van der Waals surface area contributed by atoms with E-state index in [-0.39, 0.29) is 44.3 Å². The van der Waals surface area contributed by atoms with Gasteiger partial charge in [-0.3, -0.25) is 19.2 Å². The molecule has 0 saturated carbocycles. The number of cyclic esters (lactones) is 2. The van der Waals surface area contributed by atoms with Crippen molar-refractivity contribution in [1.82, 2.24) is 0 Å². The van der Waals surface area contributed by atoms with Crippen LogP contribution >= 0.6 is 0 Å². The molecular weight excluding hydrogens is 969 g/mol. The number of carbonyl (C=O) groups excluding carboxylic acids is 3. The van der Waals surface area contributed by atoms with Crippen molar-refractivity contribution in [2.24, 2.45) is 0 Å². The highest BCUT2D eigenvalue weighted by atomic mass is 16.6. The van der Waals surface area contributed by atoms with Crippen LogP contribution in [0.3, 0.4) is 0 Å². The Morgan fingerprint density at radius 3 is 1.06 bits per heavy atom. The first kappa shape index (κ1) is 69.3. The summed E-state index contributed by atoms with van der Waals surface area (Å²) in [6, 6.07) is 19.6. The number of benzene rings is 2. The van der Waals surface area contributed by atoms with E-state index < -0.39 is 17.2 Å². The van der Waals surface area contributed by atoms with Crippen LogP contribution in [-0.4, -0.2) is 71.7 Å². The lowest BCUT2D eigenvalue weighted by Gasteiger charge is -2.27. The predicted octanol–water partition coefficient (Wildman–Crippen LogP) is 17.2. The number of carboxylic acids is 1. The standard InChI is InChI=1S/C33H54O5.C20H40O2.C13H16O4/c1-2-3-4-5-6-7-8-9-10-11-12-13-14-15-16-17-21-24-31(34)37-29-33(26-25-32(35)38-33)28-36-27-30-22-19-18-20-23-30;1-2-3-4-5-6-7-8-9-10-11-12-13-14-15-16-17-18-19-20(21)22;14-9-13(7-6-12(15)17-13)10-16-8-11-4-2-1-3-5-11/h18-20,22-23H,2-17,21,24-29H2,1H3;2-19H2,1H3,(H,21,22);1-5,14H,6-10H2. The van der Waals surface area contributed by atoms with Gasteiger partial charge in [0.25, 0.3) is 0 Å². The van der Waals surface area contributed by atoms with Gasteiger partial charge < -0.3 is 33.9 Å². The molecule has 2 aromatic rings. The Morgan fingerprint density at radius 2 is 0.753 bits per heavy atom. The molecule has 4 rings (SSSR count). The minimum absolute atomic E-state index is 0.0747. The number of aliphatic hydroxyl groups is 1. The van der Waals surface area contributed by atoms with E-state index in [2.05, 4.69) is 13.8 Å². The summed E-state index contributed by atoms with van der Waals surface area (Å²) in [5.41, 5.74) is 0.439. The summed E-state index contributed by atoms with van der Waals surface area (Å²) in [4.78, 5) is 45.5. The molecule has 2 heterocycles. The SMILES string of the molecule is CCCCCCCCCCCCCCCCCCCC(=O)O.CCCCCCCCCCCCCCCCCCCC(=O)OCC1(COCc2ccccc2)CCC(=O)O1.O=C1CCC(CO)(COCc2ccccc2)O1. The molecule has 2 aromatic carbocycles. The first-order valence-electron chi connectivity index (χ1n) is 31.3. The van der Waals surface area contributed by atoms with Crippen LogP contribution in [-0.2, 0) is 56.1 Å². The molecule has 2 aliphatic rings. The van der Waals surface area contributed by atoms with Gasteiger partial charge >= 0.3 is 23.9 Å². The largest absolute Gasteiger partial charge is 0.481 e. The zero-order valence-corrected chi connectivity index (χ0v) is 48.9. The zero-order chi connectivity index (χ0) is 55.6. The first-order valence-corrected chi connectivity index (χ1v) is 31.3. The van der Waals surface area contributed by atoms with E-state index in [0.29, 0.717) is 51.7 Å². The van der Waals surface area contributed by atoms with Crippen LogP contribution in [0.2, 0.25) is 0 Å². The summed E-state index contributed by atoms with van der Waals surface area (Å²) in [5.74, 6) is -1.38. The summed E-state index contributed by atoms with van der Waals surface area (Å²) in [7, 11) is 0. The summed E-state index contributed by atoms with van der Waals surface area (Å²) >= 11 is 0. The third-order valence-electron chi connectivity index (χ3n) is 14.9. The van der Waals surface area contributed by atoms with Gasteiger partial charge in [-0.05, 0) is 24.0 Å². The van der Waals surface area contributed by atoms with Crippen LogP contribution < -0.4 is 0 Å². The van der Waals surface area contributed by atoms with E-state index in [1.807, 2.05) is 60.7 Å². The Kier molecular flexibility index (Phi) is 43.3. The normalized spacial score (nSPS) is 16.8. The highest BCUT2D eigenvalue weighted by molar-refractivity contribution is 5.73. The van der Waals surface area contributed by atoms with Gasteiger partial charge in [-0.1, -0.05) is 280 Å². The second-order valence-corrected chi connectivity index (χ2v) is 22.3. The molecule has 2 aliphatic heterocycles. The van der Waals surface area contributed by atoms with Crippen LogP contribution in [0.5, 0.6) is 0 Å². The van der Waals surface area contributed by atoms with Crippen molar-refractivity contribution in [3.05, 3.63) is 71.8 Å². The van der Waals surface area contributed by atoms with Gasteiger partial charge in [0.05, 0.1) is 33.0 Å². The molecule has 0 radical (unpaired) electrons. The number of ether oxygens (including phenoxy) is 5. The van der Waals surface area contributed by atoms with Gasteiger partial charge in [0.1, 0.15) is 6.61 Å². The van der Waals surface area contributed by atoms with E-state index in [4.69, 9.17) is 28.8 Å². The van der Waals surface area contributed by atoms with Gasteiger partial charge in [0.15, 0.2) is 11.2 Å². The van der Waals surface area contributed by atoms with E-state index in [1.165, 1.54) is 193 Å². The second-order valence-electron chi connectivity index (χ2n) is 22.3. The average molecular weight is 1080 g/mol. The van der Waals surface area contributed by atoms with Gasteiger partial charge in [0.2, 0.25) is 0 Å². The summed E-state index contributed by atoms with van der Waals surface area (Å²) in [5, 5.41) is 17.8. The fourth-order valence-corrected chi connectivity index (χ4v) is 9.99. The van der Waals surface area contributed by atoms with E-state index in [0.717, 1.165) is 36.8 Å². The number of esters is 3. The monoisotopic (exact) mass is 1080 g/mol. The van der Waals surface area contributed by atoms with Gasteiger partial charge in [-0.2, -0.15) is 0 Å². The van der Waals surface area contributed by atoms with Crippen LogP contribution in [0.25, 0.3) is 0 Å². The number of aliphatic hydroxyl groups excluding tert-OH is 1. The van der Waals surface area contributed by atoms with Crippen molar-refractivity contribution < 1.29 is 53.1 Å². The van der Waals surface area contributed by atoms with E-state index in [1.54, 1.807) is 0 Å². The number of carboxylic acid groups (broad SMARTS) is 1. The Labute approximate surface area is 468 Å². The maximum Gasteiger partial charge on any atom is 0.306 e. The van der Waals surface area contributed by atoms with Gasteiger partial charge in [-0.25, -0.2) is 0 Å². The Balaban J connectivity index is 0.000000437. The molecule has 2 fully saturated rings. The van der Waals surface area contributed by atoms with Crippen LogP contribution in [0, 0.1) is 0 Å². The molecule has 0 amide bonds. The molecule has 2 atom stereocenters. The van der Waals surface area contributed by atoms with Crippen molar-refractivity contribution in [2.75, 3.05) is 26.4 Å². The highest BCUT2D eigenvalue weighted by Gasteiger charge is 2.42. The molecule has 11 heteroatoms. The molecule has 440 valence electrons. The molecule has 0 aliphatic carbocycles. The highest BCUT2D eigenvalue weighted by Crippen LogP contribution is 2.29. The number of rotatable bonds is 47. The topological polar surface area (TPSA) is 155 Å². The summed E-state index contributed by atoms with van der Waals surface area (Å²) in [6.45, 7) is 5.81. The number of hydrogen-bond acceptors (Lipinski definition) is 10. The minimum atomic E-state index is -0.851. The van der Waals surface area contributed by atoms with Crippen molar-refractivity contribution in [2.45, 2.75) is 295 Å². The van der Waals surface area contributed by atoms with Crippen molar-refractivity contribution in [3.8, 4) is 0 Å². The molecule has 2 unspecified atom stereocenters. The van der Waals surface area contributed by atoms with Crippen LogP contribution in [0.1, 0.15) is 282 Å². The Bertz CT molecular complexity index is 1710. The maximum atomic E-state index is 12.3. The predicted molar refractivity (Wildman–Crippen MR) is 312 cm³/mol. The molecule has 2 N–H and O–H groups in total. The third kappa shape index (κ3) is 39.3. The van der Waals surface area contributed by atoms with E-state index in [9.17, 15) is 24.3 Å². The Hall–Kier alpha value is -3.80. The van der Waals surface area contributed by atoms with Crippen LogP contribution in [0.4, 0.5) is 0 Å². The van der Waals surface area contributed by atoms with E-state index >= 15 is 0 Å². The maximum absolute atomic E-state index is 12.3. The number of carbonyl (C=O) groups is 4. The lowest BCUT2D eigenvalue weighted by Crippen LogP contribution is -2.40. The lowest BCUT2D eigenvalue weighted by molar-refractivity contribution is -0.169. The summed E-state index contributed by atoms with van der Waals surface area (Å²) in [6.07, 6.45) is 47.7. The van der Waals surface area contributed by atoms with Crippen molar-refractivity contribution in [1.29, 1.82) is 0 Å². The fourth-order valence-electron chi connectivity index (χ4n) is 9.99. The lowest BCUT2D eigenvalue weighted by atomic mass is 10.0. The number of aliphatic carboxylic acids is 1. The van der Waals surface area contributed by atoms with Crippen molar-refractivity contribution >= 4 is 23.9 Å². The van der Waals surface area contributed by atoms with Gasteiger partial charge in [0, 0.05) is 38.5 Å². The van der Waals surface area contributed by atoms with Crippen molar-refractivity contribution in [3.63, 3.8) is 0 Å². The molecule has 2 saturated heterocycles. The second kappa shape index (κ2) is 48.1. The number of hydrogen-bond donors (Lipinski definition) is 2. The first-order chi connectivity index (χ1) is 37.6. The molecule has 11 nitrogen and oxygen atoms in total. The minimum Gasteiger partial charge on any atom is -0.481 e. The third-order valence-corrected chi connectivity index (χ3v) is 14.9. The average Bonchev–Trinajstić information content (AvgIpc) is 4.01. The molecule has 0 bridgehead atoms. The Morgan fingerprint density at radius 1 is 0.442 bits per heavy atom. The number of unbranched alkanes of at least 4 members (excludes halogenated alkanes) is 32. The molecular formula is C66H110O11. The molecule has 0 aromatic heterocycles. The molecule has 0 spiro atoms.